The van der Waals surface area contributed by atoms with Gasteiger partial charge in [0.25, 0.3) is 23.6 Å². The third-order valence-corrected chi connectivity index (χ3v) is 28.9. The van der Waals surface area contributed by atoms with Crippen LogP contribution < -0.4 is 28.7 Å². The van der Waals surface area contributed by atoms with E-state index in [2.05, 4.69) is 285 Å². The van der Waals surface area contributed by atoms with Gasteiger partial charge in [0.1, 0.15) is 46.0 Å². The Morgan fingerprint density at radius 3 is 0.839 bits per heavy atom. The zero-order chi connectivity index (χ0) is 96.7. The smallest absolute Gasteiger partial charge is 0.266 e. The van der Waals surface area contributed by atoms with E-state index in [4.69, 9.17) is 42.1 Å². The fourth-order valence-corrected chi connectivity index (χ4v) is 21.6. The van der Waals surface area contributed by atoms with E-state index in [1.807, 2.05) is 127 Å². The Morgan fingerprint density at radius 2 is 0.547 bits per heavy atom. The Bertz CT molecular complexity index is 7850. The number of carbonyl (C=O) groups is 4. The molecule has 0 unspecified atom stereocenters. The summed E-state index contributed by atoms with van der Waals surface area (Å²) in [5.41, 5.74) is 16.9. The highest BCUT2D eigenvalue weighted by Crippen LogP contribution is 2.59. The standard InChI is InChI=1S/C125H112Cl2N2O8/c1-23-71-59-94(86-54-56-92-106-88(86)32-26-34-90(106)110-102(134-78-46-38-74(39-47-78)122(11,12)13)62-96-108-98(64-104(112(92)114(108)110)136-80-50-42-76(43-51-80)124(17,18)19)120(132)128(118(96)130)116-82(66(2)3)28-24-29-83(116)67(4)5)101(127)61-73(71)37-36-72-60-95(100(126)58-70(72)10)87-55-57-93-107-89(87)33-27-35-91(107)111-103(135-79-48-40-75(41-49-79)123(14,15)16)63-97-109-99(65-105(113(93)115(109)111)137-81-52-44-77(45-53-81)125(20,21)22)121(133)129(119(97)131)117-84(68(6)7)30-25-31-85(117)69(8)9/h23-69H,1H2,2-22H3/b37-36-. The average molecular weight is 1840 g/mol. The van der Waals surface area contributed by atoms with Crippen molar-refractivity contribution in [1.82, 2.24) is 0 Å². The molecule has 0 saturated carbocycles. The molecule has 0 atom stereocenters. The molecule has 0 radical (unpaired) electrons. The number of hydrogen-bond acceptors (Lipinski definition) is 8. The second-order valence-corrected chi connectivity index (χ2v) is 43.6. The number of ether oxygens (including phenoxy) is 4. The van der Waals surface area contributed by atoms with Crippen molar-refractivity contribution in [3.05, 3.63) is 348 Å². The van der Waals surface area contributed by atoms with Crippen LogP contribution in [0.3, 0.4) is 0 Å². The summed E-state index contributed by atoms with van der Waals surface area (Å²) >= 11 is 15.5. The number of carbonyl (C=O) groups excluding carboxylic acids is 4. The van der Waals surface area contributed by atoms with E-state index >= 15 is 19.2 Å². The van der Waals surface area contributed by atoms with Crippen molar-refractivity contribution >= 4 is 163 Å². The monoisotopic (exact) mass is 1840 g/mol. The first-order valence-electron chi connectivity index (χ1n) is 47.8. The lowest BCUT2D eigenvalue weighted by atomic mass is 9.82. The first-order valence-corrected chi connectivity index (χ1v) is 48.5. The van der Waals surface area contributed by atoms with Crippen molar-refractivity contribution in [2.24, 2.45) is 0 Å². The largest absolute Gasteiger partial charge is 0.457 e. The highest BCUT2D eigenvalue weighted by Gasteiger charge is 2.44. The summed E-state index contributed by atoms with van der Waals surface area (Å²) in [5, 5.41) is 13.3. The molecule has 18 aromatic carbocycles. The Kier molecular flexibility index (Phi) is 22.2. The van der Waals surface area contributed by atoms with Gasteiger partial charge in [-0.2, -0.15) is 0 Å². The number of para-hydroxylation sites is 2. The molecule has 2 aliphatic heterocycles. The number of fused-ring (bicyclic) bond motifs is 4. The third-order valence-electron chi connectivity index (χ3n) is 28.3. The van der Waals surface area contributed by atoms with Gasteiger partial charge in [-0.25, -0.2) is 9.80 Å². The normalized spacial score (nSPS) is 13.5. The molecule has 20 rings (SSSR count). The molecule has 0 bridgehead atoms. The summed E-state index contributed by atoms with van der Waals surface area (Å²) in [7, 11) is 0. The van der Waals surface area contributed by atoms with Crippen LogP contribution in [-0.4, -0.2) is 23.6 Å². The summed E-state index contributed by atoms with van der Waals surface area (Å²) in [5.74, 6) is 2.20. The third kappa shape index (κ3) is 15.3. The van der Waals surface area contributed by atoms with Crippen LogP contribution in [0.4, 0.5) is 11.4 Å². The number of hydrogen-bond donors (Lipinski definition) is 0. The van der Waals surface area contributed by atoms with E-state index in [0.29, 0.717) is 133 Å². The van der Waals surface area contributed by atoms with Gasteiger partial charge in [0.15, 0.2) is 0 Å². The van der Waals surface area contributed by atoms with Gasteiger partial charge in [-0.3, -0.25) is 19.2 Å². The summed E-state index contributed by atoms with van der Waals surface area (Å²) in [6.45, 7) is 49.5. The second kappa shape index (κ2) is 33.5. The highest BCUT2D eigenvalue weighted by atomic mass is 35.5. The number of anilines is 2. The van der Waals surface area contributed by atoms with Gasteiger partial charge >= 0.3 is 0 Å². The molecule has 10 nitrogen and oxygen atoms in total. The predicted molar refractivity (Wildman–Crippen MR) is 572 cm³/mol. The molecule has 137 heavy (non-hydrogen) atoms. The quantitative estimate of drug-likeness (QED) is 0.0341. The van der Waals surface area contributed by atoms with Crippen LogP contribution in [0.5, 0.6) is 46.0 Å². The summed E-state index contributed by atoms with van der Waals surface area (Å²) in [6, 6.07) is 81.7. The Balaban J connectivity index is 0.744. The van der Waals surface area contributed by atoms with Gasteiger partial charge < -0.3 is 18.9 Å². The van der Waals surface area contributed by atoms with Gasteiger partial charge in [0, 0.05) is 64.3 Å². The molecule has 2 aliphatic rings. The molecular weight excluding hydrogens is 1730 g/mol. The zero-order valence-electron chi connectivity index (χ0n) is 81.8. The lowest BCUT2D eigenvalue weighted by molar-refractivity contribution is 0.0877. The number of aryl methyl sites for hydroxylation is 1. The Hall–Kier alpha value is -13.9. The maximum Gasteiger partial charge on any atom is 0.266 e. The molecule has 12 heteroatoms. The predicted octanol–water partition coefficient (Wildman–Crippen LogP) is 36.0. The van der Waals surface area contributed by atoms with E-state index in [-0.39, 0.29) is 45.3 Å². The molecule has 0 N–H and O–H groups in total. The van der Waals surface area contributed by atoms with Crippen LogP contribution in [0.25, 0.3) is 127 Å². The van der Waals surface area contributed by atoms with Gasteiger partial charge in [-0.1, -0.05) is 332 Å². The molecule has 0 aliphatic carbocycles. The minimum atomic E-state index is -0.439. The number of imide groups is 2. The van der Waals surface area contributed by atoms with Crippen LogP contribution in [0.1, 0.15) is 270 Å². The fraction of sp³-hybridized carbons (Fsp3) is 0.232. The second-order valence-electron chi connectivity index (χ2n) is 42.7. The fourth-order valence-electron chi connectivity index (χ4n) is 21.0. The summed E-state index contributed by atoms with van der Waals surface area (Å²) in [4.78, 5) is 67.7. The molecule has 4 amide bonds. The molecule has 18 aromatic rings. The molecule has 2 heterocycles. The van der Waals surface area contributed by atoms with E-state index in [9.17, 15) is 0 Å². The highest BCUT2D eigenvalue weighted by molar-refractivity contribution is 6.47. The topological polar surface area (TPSA) is 112 Å². The van der Waals surface area contributed by atoms with Crippen molar-refractivity contribution in [3.63, 3.8) is 0 Å². The Labute approximate surface area is 812 Å². The van der Waals surface area contributed by atoms with Crippen molar-refractivity contribution in [2.75, 3.05) is 9.80 Å². The van der Waals surface area contributed by atoms with E-state index in [1.165, 1.54) is 9.80 Å². The number of rotatable bonds is 19. The molecular formula is C125H112Cl2N2O8. The van der Waals surface area contributed by atoms with Crippen molar-refractivity contribution in [3.8, 4) is 68.2 Å². The lowest BCUT2D eigenvalue weighted by Crippen LogP contribution is -2.42. The van der Waals surface area contributed by atoms with Gasteiger partial charge in [-0.15, -0.1) is 0 Å². The first-order chi connectivity index (χ1) is 65.1. The van der Waals surface area contributed by atoms with Crippen LogP contribution >= 0.6 is 23.2 Å². The van der Waals surface area contributed by atoms with Crippen LogP contribution in [0.15, 0.2) is 249 Å². The molecule has 684 valence electrons. The number of benzene rings is 18. The molecule has 0 saturated heterocycles. The molecule has 0 spiro atoms. The molecule has 0 aromatic heterocycles. The van der Waals surface area contributed by atoms with E-state index < -0.39 is 23.6 Å². The maximum absolute atomic E-state index is 16.2. The number of nitrogens with zero attached hydrogens (tertiary/aromatic N) is 2. The minimum absolute atomic E-state index is 0.0299. The lowest BCUT2D eigenvalue weighted by Gasteiger charge is -2.33. The van der Waals surface area contributed by atoms with Crippen molar-refractivity contribution in [1.29, 1.82) is 0 Å². The van der Waals surface area contributed by atoms with Gasteiger partial charge in [0.05, 0.1) is 33.6 Å². The zero-order valence-corrected chi connectivity index (χ0v) is 83.3. The SMILES string of the molecule is C=Cc1cc(-c2ccc3c4c(Oc5ccc(C(C)(C)C)cc5)cc5c6c(cc(Oc7ccc(C(C)(C)C)cc7)c(c7cccc2c73)c64)C(=O)N(c2c(C(C)C)cccc2C(C)C)C5=O)c(Cl)cc1/C=C\c1cc(-c2ccc3c4c(Oc5ccc(C(C)(C)C)cc5)cc5c6c(cc(Oc7ccc(C(C)(C)C)cc7)c(c7cccc2c73)c64)C(=O)N(c2c(C(C)C)cccc2C(C)C)C5=O)c(Cl)cc1C. The molecule has 0 fully saturated rings. The van der Waals surface area contributed by atoms with Crippen LogP contribution in [-0.2, 0) is 21.7 Å². The minimum Gasteiger partial charge on any atom is -0.457 e. The van der Waals surface area contributed by atoms with E-state index in [0.717, 1.165) is 132 Å². The van der Waals surface area contributed by atoms with Crippen molar-refractivity contribution in [2.45, 2.75) is 191 Å². The summed E-state index contributed by atoms with van der Waals surface area (Å²) < 4.78 is 29.3. The van der Waals surface area contributed by atoms with E-state index in [1.54, 1.807) is 0 Å². The average Bonchev–Trinajstić information content (AvgIpc) is 0.685. The van der Waals surface area contributed by atoms with Crippen LogP contribution in [0.2, 0.25) is 10.0 Å². The van der Waals surface area contributed by atoms with Crippen molar-refractivity contribution < 1.29 is 38.1 Å². The summed E-state index contributed by atoms with van der Waals surface area (Å²) in [6.07, 6.45) is 6.06. The first kappa shape index (κ1) is 90.9. The van der Waals surface area contributed by atoms with Crippen LogP contribution in [0, 0.1) is 6.92 Å². The maximum atomic E-state index is 16.2. The van der Waals surface area contributed by atoms with Gasteiger partial charge in [0.2, 0.25) is 0 Å². The number of amides is 4. The Morgan fingerprint density at radius 1 is 0.277 bits per heavy atom. The number of halogens is 2. The van der Waals surface area contributed by atoms with Gasteiger partial charge in [-0.05, 0) is 270 Å².